The summed E-state index contributed by atoms with van der Waals surface area (Å²) in [6, 6.07) is 0. The van der Waals surface area contributed by atoms with Crippen LogP contribution in [0.4, 0.5) is 0 Å². The van der Waals surface area contributed by atoms with E-state index in [4.69, 9.17) is 0 Å². The van der Waals surface area contributed by atoms with Crippen molar-refractivity contribution in [3.8, 4) is 0 Å². The van der Waals surface area contributed by atoms with Gasteiger partial charge in [-0.3, -0.25) is 4.79 Å². The average molecular weight is 128 g/mol. The van der Waals surface area contributed by atoms with Crippen LogP contribution in [0.2, 0.25) is 0 Å². The number of hydrogen-bond donors (Lipinski definition) is 1. The van der Waals surface area contributed by atoms with Crippen molar-refractivity contribution in [2.75, 3.05) is 6.54 Å². The molecule has 0 fully saturated rings. The highest BCUT2D eigenvalue weighted by atomic mass is 16.1. The van der Waals surface area contributed by atoms with Gasteiger partial charge in [-0.25, -0.2) is 0 Å². The summed E-state index contributed by atoms with van der Waals surface area (Å²) in [4.78, 5) is 9.73. The van der Waals surface area contributed by atoms with Crippen molar-refractivity contribution >= 4 is 6.29 Å². The summed E-state index contributed by atoms with van der Waals surface area (Å²) < 4.78 is 0. The van der Waals surface area contributed by atoms with Crippen LogP contribution in [-0.4, -0.2) is 18.4 Å². The zero-order valence-electron chi connectivity index (χ0n) is 6.32. The molecule has 0 rings (SSSR count). The Kier molecular flexibility index (Phi) is 3.47. The van der Waals surface area contributed by atoms with Crippen molar-refractivity contribution in [3.63, 3.8) is 0 Å². The van der Waals surface area contributed by atoms with Crippen molar-refractivity contribution in [2.24, 2.45) is 0 Å². The van der Waals surface area contributed by atoms with Gasteiger partial charge in [0.15, 0.2) is 6.29 Å². The van der Waals surface area contributed by atoms with Gasteiger partial charge >= 0.3 is 0 Å². The van der Waals surface area contributed by atoms with E-state index in [1.54, 1.807) is 0 Å². The van der Waals surface area contributed by atoms with E-state index in [9.17, 15) is 4.79 Å². The second kappa shape index (κ2) is 3.62. The van der Waals surface area contributed by atoms with Crippen molar-refractivity contribution in [3.05, 3.63) is 0 Å². The third kappa shape index (κ3) is 7.63. The predicted molar refractivity (Wildman–Crippen MR) is 38.1 cm³/mol. The van der Waals surface area contributed by atoms with Crippen LogP contribution in [-0.2, 0) is 4.79 Å². The Morgan fingerprint density at radius 2 is 2.00 bits per heavy atom. The highest BCUT2D eigenvalue weighted by Gasteiger charge is 2.06. The molecule has 0 aromatic heterocycles. The molecule has 0 amide bonds. The number of carbonyl (C=O) groups excluding carboxylic acids is 1. The topological polar surface area (TPSA) is 29.1 Å². The fourth-order valence-corrected chi connectivity index (χ4v) is 0.489. The molecule has 0 aromatic rings. The normalized spacial score (nSPS) is 11.4. The van der Waals surface area contributed by atoms with Crippen LogP contribution in [0.15, 0.2) is 0 Å². The average Bonchev–Trinajstić information content (AvgIpc) is 1.63. The van der Waals surface area contributed by atoms with Crippen LogP contribution in [0.1, 0.15) is 27.2 Å². The molecule has 0 spiro atoms. The molecular weight excluding hydrogens is 114 g/mol. The Balaban J connectivity index is 3.17. The summed E-state index contributed by atoms with van der Waals surface area (Å²) in [5.74, 6) is 0. The second-order valence-electron chi connectivity index (χ2n) is 3.07. The molecule has 0 bridgehead atoms. The van der Waals surface area contributed by atoms with Crippen LogP contribution >= 0.6 is 0 Å². The van der Waals surface area contributed by atoms with E-state index in [-0.39, 0.29) is 5.54 Å². The first-order valence-electron chi connectivity index (χ1n) is 3.16. The molecule has 2 heteroatoms. The molecule has 0 atom stereocenters. The summed E-state index contributed by atoms with van der Waals surface area (Å²) in [7, 11) is 0. The Morgan fingerprint density at radius 1 is 1.44 bits per heavy atom. The molecule has 53 valence electrons. The van der Waals surface area contributed by atoms with Crippen LogP contribution < -0.4 is 5.32 Å². The third-order valence-corrected chi connectivity index (χ3v) is 0.882. The molecule has 0 saturated heterocycles. The number of rotatable bonds is 3. The maximum atomic E-state index is 9.73. The quantitative estimate of drug-likeness (QED) is 0.571. The SMILES string of the molecule is CC(C)(C)NCC[C]=O. The summed E-state index contributed by atoms with van der Waals surface area (Å²) in [6.45, 7) is 6.93. The number of nitrogens with one attached hydrogen (secondary N) is 1. The summed E-state index contributed by atoms with van der Waals surface area (Å²) >= 11 is 0. The minimum atomic E-state index is 0.122. The fourth-order valence-electron chi connectivity index (χ4n) is 0.489. The Labute approximate surface area is 56.6 Å². The third-order valence-electron chi connectivity index (χ3n) is 0.882. The Bertz CT molecular complexity index is 83.4. The first-order chi connectivity index (χ1) is 4.06. The maximum Gasteiger partial charge on any atom is 0.199 e. The summed E-state index contributed by atoms with van der Waals surface area (Å²) in [6.07, 6.45) is 2.31. The zero-order valence-corrected chi connectivity index (χ0v) is 6.32. The summed E-state index contributed by atoms with van der Waals surface area (Å²) in [5.41, 5.74) is 0.122. The van der Waals surface area contributed by atoms with Crippen molar-refractivity contribution < 1.29 is 4.79 Å². The molecule has 2 nitrogen and oxygen atoms in total. The molecule has 9 heavy (non-hydrogen) atoms. The Hall–Kier alpha value is -0.370. The van der Waals surface area contributed by atoms with Crippen molar-refractivity contribution in [2.45, 2.75) is 32.7 Å². The van der Waals surface area contributed by atoms with E-state index in [1.807, 2.05) is 6.29 Å². The molecule has 0 aliphatic rings. The van der Waals surface area contributed by atoms with Crippen molar-refractivity contribution in [1.29, 1.82) is 0 Å². The smallest absolute Gasteiger partial charge is 0.199 e. The molecule has 0 aromatic carbocycles. The maximum absolute atomic E-state index is 9.73. The van der Waals surface area contributed by atoms with Crippen LogP contribution in [0.5, 0.6) is 0 Å². The van der Waals surface area contributed by atoms with E-state index in [0.29, 0.717) is 6.42 Å². The van der Waals surface area contributed by atoms with Gasteiger partial charge < -0.3 is 5.32 Å². The van der Waals surface area contributed by atoms with E-state index in [2.05, 4.69) is 26.1 Å². The second-order valence-corrected chi connectivity index (χ2v) is 3.07. The standard InChI is InChI=1S/C7H14NO/c1-7(2,3)8-5-4-6-9/h8H,4-5H2,1-3H3. The van der Waals surface area contributed by atoms with E-state index in [1.165, 1.54) is 0 Å². The lowest BCUT2D eigenvalue weighted by molar-refractivity contribution is 0.430. The molecular formula is C7H14NO. The molecule has 1 N–H and O–H groups in total. The molecule has 0 heterocycles. The molecule has 0 saturated carbocycles. The van der Waals surface area contributed by atoms with E-state index >= 15 is 0 Å². The van der Waals surface area contributed by atoms with Gasteiger partial charge in [-0.1, -0.05) is 0 Å². The molecule has 0 unspecified atom stereocenters. The van der Waals surface area contributed by atoms with Gasteiger partial charge in [0.1, 0.15) is 0 Å². The van der Waals surface area contributed by atoms with Gasteiger partial charge in [-0.15, -0.1) is 0 Å². The number of hydrogen-bond acceptors (Lipinski definition) is 2. The molecule has 0 aliphatic carbocycles. The Morgan fingerprint density at radius 3 is 2.33 bits per heavy atom. The lowest BCUT2D eigenvalue weighted by Crippen LogP contribution is -2.36. The van der Waals surface area contributed by atoms with Crippen molar-refractivity contribution in [1.82, 2.24) is 5.32 Å². The van der Waals surface area contributed by atoms with Crippen LogP contribution in [0.25, 0.3) is 0 Å². The minimum Gasteiger partial charge on any atom is -0.312 e. The fraction of sp³-hybridized carbons (Fsp3) is 0.857. The lowest BCUT2D eigenvalue weighted by Gasteiger charge is -2.19. The predicted octanol–water partition coefficient (Wildman–Crippen LogP) is 0.874. The van der Waals surface area contributed by atoms with Crippen LogP contribution in [0, 0.1) is 0 Å². The molecule has 1 radical (unpaired) electrons. The zero-order chi connectivity index (χ0) is 7.33. The molecule has 0 aliphatic heterocycles. The lowest BCUT2D eigenvalue weighted by atomic mass is 10.1. The summed E-state index contributed by atoms with van der Waals surface area (Å²) in [5, 5.41) is 3.16. The first-order valence-corrected chi connectivity index (χ1v) is 3.16. The highest BCUT2D eigenvalue weighted by molar-refractivity contribution is 5.50. The highest BCUT2D eigenvalue weighted by Crippen LogP contribution is 1.96. The van der Waals surface area contributed by atoms with Gasteiger partial charge in [0.2, 0.25) is 0 Å². The first kappa shape index (κ1) is 8.63. The van der Waals surface area contributed by atoms with Gasteiger partial charge in [0.05, 0.1) is 0 Å². The minimum absolute atomic E-state index is 0.122. The van der Waals surface area contributed by atoms with Crippen LogP contribution in [0.3, 0.4) is 0 Å². The largest absolute Gasteiger partial charge is 0.312 e. The van der Waals surface area contributed by atoms with Gasteiger partial charge in [0.25, 0.3) is 0 Å². The van der Waals surface area contributed by atoms with E-state index in [0.717, 1.165) is 6.54 Å². The van der Waals surface area contributed by atoms with Gasteiger partial charge in [-0.2, -0.15) is 0 Å². The van der Waals surface area contributed by atoms with Gasteiger partial charge in [-0.05, 0) is 20.8 Å². The monoisotopic (exact) mass is 128 g/mol. The van der Waals surface area contributed by atoms with Gasteiger partial charge in [0, 0.05) is 18.5 Å². The van der Waals surface area contributed by atoms with E-state index < -0.39 is 0 Å².